The fourth-order valence-corrected chi connectivity index (χ4v) is 7.16. The molecule has 1 unspecified atom stereocenters. The molecule has 2 aliphatic heterocycles. The standard InChI is InChI=1S/C37H23N3O/c1-2-10-22(11-3-1)39-33-20-29-25(23-12-4-7-15-31(23)40-32-16-8-6-14-30(32)38-37(29)40)18-26(33)27-19-28-24-13-5-9-17-35(24)41-36(28)21-34(27)39/h1-21,37-38H. The van der Waals surface area contributed by atoms with Crippen molar-refractivity contribution in [2.45, 2.75) is 6.17 Å². The zero-order valence-electron chi connectivity index (χ0n) is 22.0. The zero-order chi connectivity index (χ0) is 26.7. The molecule has 0 radical (unpaired) electrons. The van der Waals surface area contributed by atoms with Gasteiger partial charge < -0.3 is 19.2 Å². The fourth-order valence-electron chi connectivity index (χ4n) is 7.16. The van der Waals surface area contributed by atoms with Crippen LogP contribution >= 0.6 is 0 Å². The third-order valence-corrected chi connectivity index (χ3v) is 8.91. The van der Waals surface area contributed by atoms with E-state index in [4.69, 9.17) is 4.42 Å². The predicted molar refractivity (Wildman–Crippen MR) is 168 cm³/mol. The highest BCUT2D eigenvalue weighted by Gasteiger charge is 2.38. The smallest absolute Gasteiger partial charge is 0.137 e. The molecule has 8 aromatic rings. The first-order chi connectivity index (χ1) is 20.3. The number of furan rings is 1. The molecule has 0 amide bonds. The van der Waals surface area contributed by atoms with Crippen LogP contribution in [-0.2, 0) is 0 Å². The Hall–Kier alpha value is -5.48. The monoisotopic (exact) mass is 525 g/mol. The number of hydrogen-bond acceptors (Lipinski definition) is 3. The molecule has 0 spiro atoms. The Balaban J connectivity index is 1.35. The first kappa shape index (κ1) is 21.4. The van der Waals surface area contributed by atoms with E-state index < -0.39 is 0 Å². The van der Waals surface area contributed by atoms with Gasteiger partial charge in [0.15, 0.2) is 0 Å². The summed E-state index contributed by atoms with van der Waals surface area (Å²) in [6, 6.07) is 45.8. The molecule has 1 atom stereocenters. The molecule has 1 N–H and O–H groups in total. The van der Waals surface area contributed by atoms with Gasteiger partial charge in [0.1, 0.15) is 17.3 Å². The molecule has 0 saturated carbocycles. The highest BCUT2D eigenvalue weighted by Crippen LogP contribution is 2.55. The lowest BCUT2D eigenvalue weighted by molar-refractivity contribution is 0.669. The van der Waals surface area contributed by atoms with E-state index in [2.05, 4.69) is 136 Å². The molecule has 0 fully saturated rings. The van der Waals surface area contributed by atoms with Gasteiger partial charge in [-0.3, -0.25) is 0 Å². The van der Waals surface area contributed by atoms with Crippen LogP contribution in [0.2, 0.25) is 0 Å². The van der Waals surface area contributed by atoms with Crippen molar-refractivity contribution in [3.63, 3.8) is 0 Å². The average molecular weight is 526 g/mol. The topological polar surface area (TPSA) is 33.3 Å². The summed E-state index contributed by atoms with van der Waals surface area (Å²) in [4.78, 5) is 2.45. The van der Waals surface area contributed by atoms with Crippen LogP contribution in [0.3, 0.4) is 0 Å². The molecule has 2 aliphatic rings. The first-order valence-electron chi connectivity index (χ1n) is 14.1. The summed E-state index contributed by atoms with van der Waals surface area (Å²) in [7, 11) is 0. The van der Waals surface area contributed by atoms with Crippen molar-refractivity contribution < 1.29 is 4.42 Å². The molecule has 0 aliphatic carbocycles. The van der Waals surface area contributed by atoms with E-state index in [-0.39, 0.29) is 6.17 Å². The molecule has 4 nitrogen and oxygen atoms in total. The van der Waals surface area contributed by atoms with Gasteiger partial charge in [-0.1, -0.05) is 66.7 Å². The highest BCUT2D eigenvalue weighted by atomic mass is 16.3. The fraction of sp³-hybridized carbons (Fsp3) is 0.0270. The summed E-state index contributed by atoms with van der Waals surface area (Å²) in [6.45, 7) is 0. The number of fused-ring (bicyclic) bond motifs is 14. The molecule has 192 valence electrons. The quantitative estimate of drug-likeness (QED) is 0.231. The second-order valence-corrected chi connectivity index (χ2v) is 11.0. The Kier molecular flexibility index (Phi) is 3.95. The molecule has 41 heavy (non-hydrogen) atoms. The van der Waals surface area contributed by atoms with Crippen molar-refractivity contribution in [2.24, 2.45) is 0 Å². The van der Waals surface area contributed by atoms with Gasteiger partial charge in [0.05, 0.1) is 28.1 Å². The van der Waals surface area contributed by atoms with Crippen LogP contribution in [-0.4, -0.2) is 4.57 Å². The van der Waals surface area contributed by atoms with Crippen LogP contribution in [0.15, 0.2) is 132 Å². The van der Waals surface area contributed by atoms with Crippen LogP contribution in [0, 0.1) is 0 Å². The van der Waals surface area contributed by atoms with Gasteiger partial charge in [0.25, 0.3) is 0 Å². The van der Waals surface area contributed by atoms with Crippen LogP contribution in [0.1, 0.15) is 11.7 Å². The Morgan fingerprint density at radius 3 is 2.20 bits per heavy atom. The minimum atomic E-state index is 0.0177. The number of anilines is 3. The lowest BCUT2D eigenvalue weighted by Crippen LogP contribution is -2.27. The SMILES string of the molecule is c1ccc(-n2c3cc4c(cc3c3cc5c(cc32)oc2ccccc25)-c2ccccc2N2c3ccccc3NC42)cc1. The number of aromatic nitrogens is 1. The molecule has 10 rings (SSSR count). The summed E-state index contributed by atoms with van der Waals surface area (Å²) < 4.78 is 8.75. The maximum Gasteiger partial charge on any atom is 0.137 e. The van der Waals surface area contributed by atoms with Crippen LogP contribution in [0.25, 0.3) is 60.6 Å². The number of nitrogens with zero attached hydrogens (tertiary/aromatic N) is 2. The Labute approximate surface area is 235 Å². The molecule has 4 heteroatoms. The van der Waals surface area contributed by atoms with E-state index in [1.807, 2.05) is 6.07 Å². The first-order valence-corrected chi connectivity index (χ1v) is 14.1. The largest absolute Gasteiger partial charge is 0.456 e. The third-order valence-electron chi connectivity index (χ3n) is 8.91. The van der Waals surface area contributed by atoms with Gasteiger partial charge >= 0.3 is 0 Å². The maximum absolute atomic E-state index is 6.36. The molecule has 2 aromatic heterocycles. The lowest BCUT2D eigenvalue weighted by Gasteiger charge is -2.35. The van der Waals surface area contributed by atoms with E-state index in [9.17, 15) is 0 Å². The van der Waals surface area contributed by atoms with E-state index in [0.717, 1.165) is 38.8 Å². The molecule has 0 saturated heterocycles. The van der Waals surface area contributed by atoms with Crippen molar-refractivity contribution in [3.8, 4) is 16.8 Å². The van der Waals surface area contributed by atoms with E-state index in [1.165, 1.54) is 44.4 Å². The molecule has 0 bridgehead atoms. The number of nitrogens with one attached hydrogen (secondary N) is 1. The van der Waals surface area contributed by atoms with E-state index in [1.54, 1.807) is 0 Å². The minimum absolute atomic E-state index is 0.0177. The van der Waals surface area contributed by atoms with Crippen LogP contribution in [0.5, 0.6) is 0 Å². The normalized spacial score (nSPS) is 15.2. The van der Waals surface area contributed by atoms with Gasteiger partial charge in [0.2, 0.25) is 0 Å². The summed E-state index contributed by atoms with van der Waals surface area (Å²) in [5.74, 6) is 0. The third kappa shape index (κ3) is 2.74. The maximum atomic E-state index is 6.36. The van der Waals surface area contributed by atoms with Crippen molar-refractivity contribution in [1.82, 2.24) is 4.57 Å². The van der Waals surface area contributed by atoms with Gasteiger partial charge in [-0.15, -0.1) is 0 Å². The zero-order valence-corrected chi connectivity index (χ0v) is 22.0. The van der Waals surface area contributed by atoms with Crippen molar-refractivity contribution >= 4 is 60.8 Å². The van der Waals surface area contributed by atoms with Gasteiger partial charge in [-0.05, 0) is 60.2 Å². The molecule has 4 heterocycles. The van der Waals surface area contributed by atoms with E-state index >= 15 is 0 Å². The number of hydrogen-bond donors (Lipinski definition) is 1. The lowest BCUT2D eigenvalue weighted by atomic mass is 9.90. The van der Waals surface area contributed by atoms with Crippen LogP contribution < -0.4 is 10.2 Å². The van der Waals surface area contributed by atoms with Crippen LogP contribution in [0.4, 0.5) is 17.1 Å². The minimum Gasteiger partial charge on any atom is -0.456 e. The van der Waals surface area contributed by atoms with Gasteiger partial charge in [0, 0.05) is 44.4 Å². The Morgan fingerprint density at radius 1 is 0.537 bits per heavy atom. The van der Waals surface area contributed by atoms with Crippen molar-refractivity contribution in [2.75, 3.05) is 10.2 Å². The second kappa shape index (κ2) is 7.58. The summed E-state index contributed by atoms with van der Waals surface area (Å²) >= 11 is 0. The summed E-state index contributed by atoms with van der Waals surface area (Å²) in [5, 5.41) is 8.61. The van der Waals surface area contributed by atoms with Gasteiger partial charge in [-0.2, -0.15) is 0 Å². The predicted octanol–water partition coefficient (Wildman–Crippen LogP) is 9.93. The molecular weight excluding hydrogens is 502 g/mol. The number of benzene rings is 6. The van der Waals surface area contributed by atoms with Crippen molar-refractivity contribution in [3.05, 3.63) is 133 Å². The number of rotatable bonds is 1. The molecular formula is C37H23N3O. The highest BCUT2D eigenvalue weighted by molar-refractivity contribution is 6.18. The van der Waals surface area contributed by atoms with Crippen molar-refractivity contribution in [1.29, 1.82) is 0 Å². The molecule has 6 aromatic carbocycles. The average Bonchev–Trinajstić information content (AvgIpc) is 3.69. The Morgan fingerprint density at radius 2 is 1.27 bits per heavy atom. The summed E-state index contributed by atoms with van der Waals surface area (Å²) in [6.07, 6.45) is 0.0177. The Bertz CT molecular complexity index is 2360. The second-order valence-electron chi connectivity index (χ2n) is 11.0. The summed E-state index contributed by atoms with van der Waals surface area (Å²) in [5.41, 5.74) is 12.7. The van der Waals surface area contributed by atoms with Gasteiger partial charge in [-0.25, -0.2) is 0 Å². The number of para-hydroxylation sites is 5. The van der Waals surface area contributed by atoms with E-state index in [0.29, 0.717) is 0 Å².